The number of likely N-dealkylation sites (tertiary alicyclic amines) is 1. The van der Waals surface area contributed by atoms with Crippen LogP contribution < -0.4 is 5.56 Å². The highest BCUT2D eigenvalue weighted by Gasteiger charge is 2.26. The van der Waals surface area contributed by atoms with Crippen LogP contribution in [0.15, 0.2) is 47.5 Å². The molecule has 152 valence electrons. The predicted octanol–water partition coefficient (Wildman–Crippen LogP) is 3.13. The molecule has 1 aliphatic rings. The molecule has 0 aliphatic carbocycles. The standard InChI is InChI=1S/C23H27N3O3/c1-16-7-11-25(12-8-17-15-24-20-6-4-3-5-19(17)20)22(27)21(16)23(28)26-13-9-18(29-2)10-14-26/h3-7,11,15,18,24H,8-10,12-14H2,1-2H3. The summed E-state index contributed by atoms with van der Waals surface area (Å²) < 4.78 is 7.04. The zero-order chi connectivity index (χ0) is 20.4. The molecule has 0 unspecified atom stereocenters. The number of nitrogens with zero attached hydrogens (tertiary/aromatic N) is 2. The summed E-state index contributed by atoms with van der Waals surface area (Å²) in [6.07, 6.45) is 6.32. The Morgan fingerprint density at radius 3 is 2.72 bits per heavy atom. The molecule has 29 heavy (non-hydrogen) atoms. The predicted molar refractivity (Wildman–Crippen MR) is 113 cm³/mol. The van der Waals surface area contributed by atoms with Crippen molar-refractivity contribution in [2.75, 3.05) is 20.2 Å². The Morgan fingerprint density at radius 1 is 1.21 bits per heavy atom. The summed E-state index contributed by atoms with van der Waals surface area (Å²) >= 11 is 0. The molecule has 2 aromatic heterocycles. The number of fused-ring (bicyclic) bond motifs is 1. The van der Waals surface area contributed by atoms with E-state index in [1.165, 1.54) is 10.9 Å². The highest BCUT2D eigenvalue weighted by molar-refractivity contribution is 5.95. The second-order valence-corrected chi connectivity index (χ2v) is 7.71. The highest BCUT2D eigenvalue weighted by Crippen LogP contribution is 2.19. The minimum Gasteiger partial charge on any atom is -0.381 e. The van der Waals surface area contributed by atoms with Crippen LogP contribution in [0.1, 0.15) is 34.3 Å². The lowest BCUT2D eigenvalue weighted by atomic mass is 10.0. The number of aromatic amines is 1. The summed E-state index contributed by atoms with van der Waals surface area (Å²) in [5.41, 5.74) is 3.08. The van der Waals surface area contributed by atoms with E-state index in [0.29, 0.717) is 25.2 Å². The first-order chi connectivity index (χ1) is 14.1. The quantitative estimate of drug-likeness (QED) is 0.724. The largest absolute Gasteiger partial charge is 0.381 e. The molecule has 0 radical (unpaired) electrons. The molecule has 0 saturated carbocycles. The van der Waals surface area contributed by atoms with E-state index < -0.39 is 0 Å². The molecule has 0 atom stereocenters. The van der Waals surface area contributed by atoms with E-state index in [-0.39, 0.29) is 17.6 Å². The number of aryl methyl sites for hydroxylation is 3. The van der Waals surface area contributed by atoms with Crippen molar-refractivity contribution in [3.8, 4) is 0 Å². The summed E-state index contributed by atoms with van der Waals surface area (Å²) in [5.74, 6) is -0.163. The smallest absolute Gasteiger partial charge is 0.263 e. The Kier molecular flexibility index (Phi) is 5.53. The number of rotatable bonds is 5. The average molecular weight is 393 g/mol. The summed E-state index contributed by atoms with van der Waals surface area (Å²) in [7, 11) is 1.70. The van der Waals surface area contributed by atoms with Gasteiger partial charge in [0.2, 0.25) is 0 Å². The molecule has 1 amide bonds. The van der Waals surface area contributed by atoms with Crippen LogP contribution in [0.2, 0.25) is 0 Å². The van der Waals surface area contributed by atoms with Crippen molar-refractivity contribution in [3.63, 3.8) is 0 Å². The number of pyridine rings is 1. The monoisotopic (exact) mass is 393 g/mol. The lowest BCUT2D eigenvalue weighted by Gasteiger charge is -2.31. The Balaban J connectivity index is 1.54. The van der Waals surface area contributed by atoms with Gasteiger partial charge in [-0.05, 0) is 49.4 Å². The van der Waals surface area contributed by atoms with Gasteiger partial charge in [0.1, 0.15) is 5.56 Å². The summed E-state index contributed by atoms with van der Waals surface area (Å²) in [5, 5.41) is 1.17. The minimum atomic E-state index is -0.205. The zero-order valence-electron chi connectivity index (χ0n) is 17.0. The molecule has 6 nitrogen and oxygen atoms in total. The van der Waals surface area contributed by atoms with Crippen LogP contribution >= 0.6 is 0 Å². The van der Waals surface area contributed by atoms with Gasteiger partial charge in [0.05, 0.1) is 6.10 Å². The minimum absolute atomic E-state index is 0.163. The number of hydrogen-bond acceptors (Lipinski definition) is 3. The van der Waals surface area contributed by atoms with Gasteiger partial charge in [-0.25, -0.2) is 0 Å². The summed E-state index contributed by atoms with van der Waals surface area (Å²) in [4.78, 5) is 31.2. The Hall–Kier alpha value is -2.86. The molecular formula is C23H27N3O3. The number of ether oxygens (including phenoxy) is 1. The van der Waals surface area contributed by atoms with E-state index in [0.717, 1.165) is 30.3 Å². The molecule has 1 aromatic carbocycles. The van der Waals surface area contributed by atoms with Gasteiger partial charge >= 0.3 is 0 Å². The van der Waals surface area contributed by atoms with Crippen LogP contribution in [0.4, 0.5) is 0 Å². The maximum Gasteiger partial charge on any atom is 0.263 e. The lowest BCUT2D eigenvalue weighted by Crippen LogP contribution is -2.43. The van der Waals surface area contributed by atoms with E-state index in [9.17, 15) is 9.59 Å². The van der Waals surface area contributed by atoms with Gasteiger partial charge in [-0.2, -0.15) is 0 Å². The SMILES string of the molecule is COC1CCN(C(=O)c2c(C)ccn(CCc3c[nH]c4ccccc34)c2=O)CC1. The molecule has 0 spiro atoms. The number of nitrogens with one attached hydrogen (secondary N) is 1. The first-order valence-electron chi connectivity index (χ1n) is 10.2. The van der Waals surface area contributed by atoms with Gasteiger partial charge in [-0.3, -0.25) is 9.59 Å². The molecule has 1 fully saturated rings. The number of methoxy groups -OCH3 is 1. The summed E-state index contributed by atoms with van der Waals surface area (Å²) in [6, 6.07) is 10.0. The van der Waals surface area contributed by atoms with Crippen molar-refractivity contribution in [2.45, 2.75) is 38.8 Å². The number of benzene rings is 1. The maximum absolute atomic E-state index is 13.1. The molecular weight excluding hydrogens is 366 g/mol. The second-order valence-electron chi connectivity index (χ2n) is 7.71. The van der Waals surface area contributed by atoms with Crippen molar-refractivity contribution >= 4 is 16.8 Å². The van der Waals surface area contributed by atoms with Crippen molar-refractivity contribution in [3.05, 3.63) is 69.8 Å². The fraction of sp³-hybridized carbons (Fsp3) is 0.391. The molecule has 3 aromatic rings. The average Bonchev–Trinajstić information content (AvgIpc) is 3.16. The molecule has 3 heterocycles. The number of carbonyl (C=O) groups excluding carboxylic acids is 1. The lowest BCUT2D eigenvalue weighted by molar-refractivity contribution is 0.0349. The number of carbonyl (C=O) groups is 1. The van der Waals surface area contributed by atoms with E-state index >= 15 is 0 Å². The van der Waals surface area contributed by atoms with Gasteiger partial charge in [-0.15, -0.1) is 0 Å². The normalized spacial score (nSPS) is 15.2. The van der Waals surface area contributed by atoms with Crippen LogP contribution in [0, 0.1) is 6.92 Å². The summed E-state index contributed by atoms with van der Waals surface area (Å²) in [6.45, 7) is 3.62. The number of hydrogen-bond donors (Lipinski definition) is 1. The first-order valence-corrected chi connectivity index (χ1v) is 10.2. The van der Waals surface area contributed by atoms with Crippen LogP contribution in [0.5, 0.6) is 0 Å². The zero-order valence-corrected chi connectivity index (χ0v) is 17.0. The third-order valence-electron chi connectivity index (χ3n) is 5.95. The number of aromatic nitrogens is 2. The molecule has 4 rings (SSSR count). The number of piperidine rings is 1. The van der Waals surface area contributed by atoms with E-state index in [2.05, 4.69) is 11.1 Å². The van der Waals surface area contributed by atoms with E-state index in [1.54, 1.807) is 22.8 Å². The fourth-order valence-electron chi connectivity index (χ4n) is 4.13. The van der Waals surface area contributed by atoms with Gasteiger partial charge in [-0.1, -0.05) is 18.2 Å². The van der Waals surface area contributed by atoms with Crippen molar-refractivity contribution in [1.82, 2.24) is 14.5 Å². The topological polar surface area (TPSA) is 67.3 Å². The van der Waals surface area contributed by atoms with E-state index in [4.69, 9.17) is 4.74 Å². The van der Waals surface area contributed by atoms with Crippen LogP contribution in [-0.2, 0) is 17.7 Å². The molecule has 1 saturated heterocycles. The third-order valence-corrected chi connectivity index (χ3v) is 5.95. The van der Waals surface area contributed by atoms with Gasteiger partial charge in [0.25, 0.3) is 11.5 Å². The van der Waals surface area contributed by atoms with Crippen LogP contribution in [0.3, 0.4) is 0 Å². The number of H-pyrrole nitrogens is 1. The Morgan fingerprint density at radius 2 is 1.97 bits per heavy atom. The van der Waals surface area contributed by atoms with Gasteiger partial charge in [0, 0.05) is 50.0 Å². The Bertz CT molecular complexity index is 1070. The molecule has 1 aliphatic heterocycles. The fourth-order valence-corrected chi connectivity index (χ4v) is 4.13. The Labute approximate surface area is 170 Å². The third kappa shape index (κ3) is 3.85. The van der Waals surface area contributed by atoms with Gasteiger partial charge in [0.15, 0.2) is 0 Å². The first kappa shape index (κ1) is 19.5. The number of amides is 1. The van der Waals surface area contributed by atoms with Crippen molar-refractivity contribution < 1.29 is 9.53 Å². The van der Waals surface area contributed by atoms with Crippen LogP contribution in [0.25, 0.3) is 10.9 Å². The second kappa shape index (κ2) is 8.25. The molecule has 6 heteroatoms. The maximum atomic E-state index is 13.1. The molecule has 0 bridgehead atoms. The van der Waals surface area contributed by atoms with Gasteiger partial charge < -0.3 is 19.2 Å². The number of para-hydroxylation sites is 1. The van der Waals surface area contributed by atoms with Crippen LogP contribution in [-0.4, -0.2) is 46.7 Å². The van der Waals surface area contributed by atoms with Crippen molar-refractivity contribution in [2.24, 2.45) is 0 Å². The van der Waals surface area contributed by atoms with Crippen molar-refractivity contribution in [1.29, 1.82) is 0 Å². The van der Waals surface area contributed by atoms with E-state index in [1.807, 2.05) is 37.4 Å². The highest BCUT2D eigenvalue weighted by atomic mass is 16.5. The molecule has 1 N–H and O–H groups in total.